The molecule has 5 rings (SSSR count). The minimum absolute atomic E-state index is 0.0764. The van der Waals surface area contributed by atoms with Gasteiger partial charge in [0.05, 0.1) is 11.2 Å². The van der Waals surface area contributed by atoms with Gasteiger partial charge in [-0.1, -0.05) is 116 Å². The predicted molar refractivity (Wildman–Crippen MR) is 272 cm³/mol. The van der Waals surface area contributed by atoms with E-state index in [1.807, 2.05) is 52.8 Å². The zero-order chi connectivity index (χ0) is 48.3. The third-order valence-corrected chi connectivity index (χ3v) is 15.1. The summed E-state index contributed by atoms with van der Waals surface area (Å²) in [6.07, 6.45) is 11.9. The zero-order valence-corrected chi connectivity index (χ0v) is 42.5. The Kier molecular flexibility index (Phi) is 18.5. The van der Waals surface area contributed by atoms with E-state index >= 15 is 0 Å². The first-order valence-corrected chi connectivity index (χ1v) is 24.6. The highest BCUT2D eigenvalue weighted by atomic mass is 16.6. The first-order chi connectivity index (χ1) is 30.8. The van der Waals surface area contributed by atoms with Gasteiger partial charge in [-0.2, -0.15) is 0 Å². The van der Waals surface area contributed by atoms with Crippen molar-refractivity contribution in [3.63, 3.8) is 0 Å². The van der Waals surface area contributed by atoms with Crippen LogP contribution in [0.2, 0.25) is 0 Å². The highest BCUT2D eigenvalue weighted by Crippen LogP contribution is 2.43. The lowest BCUT2D eigenvalue weighted by molar-refractivity contribution is -0.142. The van der Waals surface area contributed by atoms with Crippen molar-refractivity contribution in [2.45, 2.75) is 189 Å². The van der Waals surface area contributed by atoms with Gasteiger partial charge >= 0.3 is 5.97 Å². The number of cyclic esters (lactones) is 1. The Labute approximate surface area is 393 Å². The molecule has 0 spiro atoms. The molecule has 0 saturated carbocycles. The number of phenols is 1. The van der Waals surface area contributed by atoms with E-state index in [-0.39, 0.29) is 22.9 Å². The van der Waals surface area contributed by atoms with Crippen LogP contribution < -0.4 is 4.74 Å². The van der Waals surface area contributed by atoms with Gasteiger partial charge in [0.1, 0.15) is 24.2 Å². The minimum Gasteiger partial charge on any atom is -0.508 e. The highest BCUT2D eigenvalue weighted by molar-refractivity contribution is 5.71. The number of allylic oxidation sites excluding steroid dienone is 2. The van der Waals surface area contributed by atoms with Crippen molar-refractivity contribution in [2.24, 2.45) is 0 Å². The molecule has 354 valence electrons. The number of carbonyl (C=O) groups excluding carboxylic acids is 1. The maximum atomic E-state index is 11.4. The van der Waals surface area contributed by atoms with Crippen LogP contribution in [0.3, 0.4) is 0 Å². The fraction of sp³-hybridized carbons (Fsp3) is 0.508. The normalized spacial score (nSPS) is 15.1. The van der Waals surface area contributed by atoms with Gasteiger partial charge < -0.3 is 24.8 Å². The standard InChI is InChI=1S/C32H44O4.C27H38O2/c1-8-31(34,9-2)20-24(7)28-15-12-25(18-22(28)5)32(10-3,11-4)26-13-16-29(23(6)19-26)35-21-27-14-17-30(33)36-27;1-8-26(29,9-2)18-21(7)24-14-12-22(16-19(24)5)27(10-3,11-4)23-13-15-25(28)20(6)17-23/h12-13,15-16,18-20,27,34H,8-11,14,17,21H2,1-7H3;12-18,28-29H,8-11H2,1-7H3/b24-20+;21-18+/t27-;/m0./s1. The molecule has 4 aromatic carbocycles. The summed E-state index contributed by atoms with van der Waals surface area (Å²) in [5.74, 6) is 1.06. The Hall–Kier alpha value is -4.65. The largest absolute Gasteiger partial charge is 0.508 e. The number of benzene rings is 4. The molecule has 0 aliphatic carbocycles. The molecule has 3 N–H and O–H groups in total. The van der Waals surface area contributed by atoms with Gasteiger partial charge in [-0.25, -0.2) is 0 Å². The molecule has 0 aromatic heterocycles. The van der Waals surface area contributed by atoms with Gasteiger partial charge in [0, 0.05) is 17.3 Å². The van der Waals surface area contributed by atoms with E-state index in [0.29, 0.717) is 44.5 Å². The number of ether oxygens (including phenoxy) is 2. The molecular weight excluding hydrogens is 805 g/mol. The van der Waals surface area contributed by atoms with Crippen molar-refractivity contribution >= 4 is 17.1 Å². The van der Waals surface area contributed by atoms with Crippen LogP contribution in [0.5, 0.6) is 11.5 Å². The number of hydrogen-bond acceptors (Lipinski definition) is 6. The quantitative estimate of drug-likeness (QED) is 0.0812. The first-order valence-electron chi connectivity index (χ1n) is 24.6. The average molecular weight is 887 g/mol. The molecular formula is C59H82O6. The molecule has 0 bridgehead atoms. The Bertz CT molecular complexity index is 2280. The van der Waals surface area contributed by atoms with Crippen molar-refractivity contribution in [1.82, 2.24) is 0 Å². The van der Waals surface area contributed by atoms with E-state index < -0.39 is 11.2 Å². The van der Waals surface area contributed by atoms with E-state index in [2.05, 4.69) is 129 Å². The Morgan fingerprint density at radius 3 is 1.31 bits per heavy atom. The third kappa shape index (κ3) is 12.0. The summed E-state index contributed by atoms with van der Waals surface area (Å²) in [6.45, 7) is 30.1. The highest BCUT2D eigenvalue weighted by Gasteiger charge is 2.33. The van der Waals surface area contributed by atoms with Crippen molar-refractivity contribution in [3.8, 4) is 11.5 Å². The van der Waals surface area contributed by atoms with E-state index in [0.717, 1.165) is 60.1 Å². The average Bonchev–Trinajstić information content (AvgIpc) is 3.73. The lowest BCUT2D eigenvalue weighted by Crippen LogP contribution is -2.26. The molecule has 1 heterocycles. The molecule has 1 aliphatic rings. The number of carbonyl (C=O) groups is 1. The number of rotatable bonds is 19. The summed E-state index contributed by atoms with van der Waals surface area (Å²) in [5, 5.41) is 31.5. The molecule has 1 saturated heterocycles. The molecule has 6 nitrogen and oxygen atoms in total. The molecule has 1 fully saturated rings. The second-order valence-electron chi connectivity index (χ2n) is 18.9. The van der Waals surface area contributed by atoms with E-state index in [4.69, 9.17) is 9.47 Å². The number of hydrogen-bond donors (Lipinski definition) is 3. The minimum atomic E-state index is -0.757. The topological polar surface area (TPSA) is 96.2 Å². The Balaban J connectivity index is 0.000000292. The van der Waals surface area contributed by atoms with Gasteiger partial charge in [-0.3, -0.25) is 4.79 Å². The molecule has 1 aliphatic heterocycles. The molecule has 0 radical (unpaired) electrons. The van der Waals surface area contributed by atoms with Crippen molar-refractivity contribution in [3.05, 3.63) is 141 Å². The lowest BCUT2D eigenvalue weighted by Gasteiger charge is -2.34. The van der Waals surface area contributed by atoms with Crippen molar-refractivity contribution in [1.29, 1.82) is 0 Å². The van der Waals surface area contributed by atoms with Gasteiger partial charge in [0.15, 0.2) is 0 Å². The molecule has 0 unspecified atom stereocenters. The number of aryl methyl sites for hydroxylation is 4. The van der Waals surface area contributed by atoms with Crippen LogP contribution >= 0.6 is 0 Å². The predicted octanol–water partition coefficient (Wildman–Crippen LogP) is 14.5. The summed E-state index contributed by atoms with van der Waals surface area (Å²) in [6, 6.07) is 26.1. The van der Waals surface area contributed by atoms with Gasteiger partial charge in [0.2, 0.25) is 0 Å². The van der Waals surface area contributed by atoms with Crippen LogP contribution in [0.1, 0.15) is 189 Å². The summed E-state index contributed by atoms with van der Waals surface area (Å²) in [7, 11) is 0. The van der Waals surface area contributed by atoms with E-state index in [9.17, 15) is 20.1 Å². The number of phenolic OH excluding ortho intramolecular Hbond substituents is 1. The van der Waals surface area contributed by atoms with Crippen LogP contribution in [0.25, 0.3) is 11.1 Å². The number of aliphatic hydroxyl groups is 2. The fourth-order valence-electron chi connectivity index (χ4n) is 10.1. The zero-order valence-electron chi connectivity index (χ0n) is 42.5. The second-order valence-corrected chi connectivity index (χ2v) is 18.9. The summed E-state index contributed by atoms with van der Waals surface area (Å²) in [5.41, 5.74) is 12.6. The molecule has 65 heavy (non-hydrogen) atoms. The Morgan fingerprint density at radius 1 is 0.585 bits per heavy atom. The Morgan fingerprint density at radius 2 is 0.969 bits per heavy atom. The summed E-state index contributed by atoms with van der Waals surface area (Å²) < 4.78 is 11.3. The fourth-order valence-corrected chi connectivity index (χ4v) is 10.1. The maximum Gasteiger partial charge on any atom is 0.306 e. The lowest BCUT2D eigenvalue weighted by atomic mass is 9.69. The first kappa shape index (κ1) is 53.0. The maximum absolute atomic E-state index is 11.4. The second kappa shape index (κ2) is 22.7. The molecule has 4 aromatic rings. The smallest absolute Gasteiger partial charge is 0.306 e. The molecule has 1 atom stereocenters. The van der Waals surface area contributed by atoms with Crippen LogP contribution in [0, 0.1) is 27.7 Å². The monoisotopic (exact) mass is 887 g/mol. The number of aromatic hydroxyl groups is 1. The third-order valence-electron chi connectivity index (χ3n) is 15.1. The van der Waals surface area contributed by atoms with Crippen molar-refractivity contribution < 1.29 is 29.6 Å². The van der Waals surface area contributed by atoms with Crippen LogP contribution in [0.15, 0.2) is 84.9 Å². The van der Waals surface area contributed by atoms with Crippen molar-refractivity contribution in [2.75, 3.05) is 6.61 Å². The van der Waals surface area contributed by atoms with E-state index in [1.165, 1.54) is 44.5 Å². The number of esters is 1. The van der Waals surface area contributed by atoms with Gasteiger partial charge in [-0.05, 0) is 190 Å². The summed E-state index contributed by atoms with van der Waals surface area (Å²) in [4.78, 5) is 11.4. The van der Waals surface area contributed by atoms with Gasteiger partial charge in [0.25, 0.3) is 0 Å². The van der Waals surface area contributed by atoms with Gasteiger partial charge in [-0.15, -0.1) is 0 Å². The SMILES string of the molecule is CCC(O)(/C=C(\C)c1ccc(C(CC)(CC)c2ccc(O)c(C)c2)cc1C)CC.CCC(O)(/C=C(\C)c1ccc(C(CC)(CC)c2ccc(OC[C@@H]3CCC(=O)O3)c(C)c2)cc1C)CC. The van der Waals surface area contributed by atoms with Crippen LogP contribution in [-0.4, -0.2) is 45.2 Å². The summed E-state index contributed by atoms with van der Waals surface area (Å²) >= 11 is 0. The molecule has 6 heteroatoms. The van der Waals surface area contributed by atoms with E-state index in [1.54, 1.807) is 0 Å². The van der Waals surface area contributed by atoms with Crippen LogP contribution in [-0.2, 0) is 20.4 Å². The van der Waals surface area contributed by atoms with Crippen LogP contribution in [0.4, 0.5) is 0 Å². The molecule has 0 amide bonds.